The Kier molecular flexibility index (Phi) is 5.15. The summed E-state index contributed by atoms with van der Waals surface area (Å²) in [5, 5.41) is 1.56. The number of benzene rings is 2. The summed E-state index contributed by atoms with van der Waals surface area (Å²) in [4.78, 5) is 23.7. The first-order chi connectivity index (χ1) is 14.7. The van der Waals surface area contributed by atoms with Gasteiger partial charge in [0.15, 0.2) is 5.65 Å². The van der Waals surface area contributed by atoms with Crippen molar-refractivity contribution in [2.75, 3.05) is 10.7 Å². The molecule has 5 rings (SSSR count). The molecule has 1 aliphatic rings. The number of aromatic nitrogens is 2. The summed E-state index contributed by atoms with van der Waals surface area (Å²) >= 11 is 8.18. The number of anilines is 1. The van der Waals surface area contributed by atoms with Crippen molar-refractivity contribution in [1.29, 1.82) is 0 Å². The highest BCUT2D eigenvalue weighted by molar-refractivity contribution is 7.99. The maximum Gasteiger partial charge on any atom is 0.229 e. The van der Waals surface area contributed by atoms with E-state index in [2.05, 4.69) is 9.97 Å². The zero-order valence-corrected chi connectivity index (χ0v) is 17.6. The molecule has 1 aliphatic heterocycles. The van der Waals surface area contributed by atoms with E-state index in [4.69, 9.17) is 11.6 Å². The van der Waals surface area contributed by atoms with Crippen LogP contribution in [0.1, 0.15) is 17.4 Å². The van der Waals surface area contributed by atoms with Crippen LogP contribution in [0.15, 0.2) is 79.0 Å². The van der Waals surface area contributed by atoms with E-state index < -0.39 is 0 Å². The van der Waals surface area contributed by atoms with Crippen molar-refractivity contribution in [3.05, 3.63) is 89.6 Å². The zero-order chi connectivity index (χ0) is 20.5. The van der Waals surface area contributed by atoms with Crippen LogP contribution in [0.2, 0.25) is 5.02 Å². The van der Waals surface area contributed by atoms with E-state index in [0.29, 0.717) is 11.4 Å². The molecule has 1 saturated heterocycles. The number of carbonyl (C=O) groups excluding carboxylic acids is 1. The highest BCUT2D eigenvalue weighted by atomic mass is 35.5. The third-order valence-corrected chi connectivity index (χ3v) is 6.74. The fourth-order valence-electron chi connectivity index (χ4n) is 3.67. The molecule has 2 aromatic heterocycles. The van der Waals surface area contributed by atoms with Gasteiger partial charge < -0.3 is 0 Å². The average Bonchev–Trinajstić information content (AvgIpc) is 2.79. The Hall–Kier alpha value is -2.89. The molecule has 0 N–H and O–H groups in total. The molecule has 0 spiro atoms. The topological polar surface area (TPSA) is 46.1 Å². The number of carbonyl (C=O) groups is 1. The van der Waals surface area contributed by atoms with E-state index in [0.717, 1.165) is 39.3 Å². The fraction of sp³-hybridized carbons (Fsp3) is 0.125. The summed E-state index contributed by atoms with van der Waals surface area (Å²) in [7, 11) is 0. The van der Waals surface area contributed by atoms with Crippen LogP contribution in [0.4, 0.5) is 5.69 Å². The molecule has 0 aliphatic carbocycles. The van der Waals surface area contributed by atoms with E-state index in [1.807, 2.05) is 77.7 Å². The molecule has 4 aromatic rings. The van der Waals surface area contributed by atoms with Gasteiger partial charge in [-0.25, -0.2) is 9.97 Å². The normalized spacial score (nSPS) is 16.8. The molecule has 1 unspecified atom stereocenters. The molecule has 2 aromatic carbocycles. The Morgan fingerprint density at radius 2 is 1.80 bits per heavy atom. The van der Waals surface area contributed by atoms with Gasteiger partial charge in [-0.05, 0) is 42.5 Å². The van der Waals surface area contributed by atoms with Crippen molar-refractivity contribution in [3.8, 4) is 11.3 Å². The van der Waals surface area contributed by atoms with Gasteiger partial charge >= 0.3 is 0 Å². The van der Waals surface area contributed by atoms with Crippen molar-refractivity contribution in [3.63, 3.8) is 0 Å². The van der Waals surface area contributed by atoms with Gasteiger partial charge in [0, 0.05) is 45.6 Å². The van der Waals surface area contributed by atoms with Crippen LogP contribution < -0.4 is 4.90 Å². The van der Waals surface area contributed by atoms with E-state index in [1.54, 1.807) is 18.0 Å². The van der Waals surface area contributed by atoms with Crippen molar-refractivity contribution in [1.82, 2.24) is 9.97 Å². The quantitative estimate of drug-likeness (QED) is 0.392. The lowest BCUT2D eigenvalue weighted by atomic mass is 10.1. The van der Waals surface area contributed by atoms with Crippen LogP contribution in [-0.2, 0) is 4.79 Å². The number of amides is 1. The average molecular weight is 432 g/mol. The largest absolute Gasteiger partial charge is 0.296 e. The Morgan fingerprint density at radius 1 is 0.967 bits per heavy atom. The molecule has 3 heterocycles. The van der Waals surface area contributed by atoms with Gasteiger partial charge in [0.2, 0.25) is 5.91 Å². The molecule has 4 nitrogen and oxygen atoms in total. The van der Waals surface area contributed by atoms with Crippen LogP contribution in [0, 0.1) is 0 Å². The molecule has 1 amide bonds. The van der Waals surface area contributed by atoms with Crippen LogP contribution in [-0.4, -0.2) is 21.6 Å². The monoisotopic (exact) mass is 431 g/mol. The first-order valence-corrected chi connectivity index (χ1v) is 11.1. The smallest absolute Gasteiger partial charge is 0.229 e. The molecular weight excluding hydrogens is 414 g/mol. The minimum atomic E-state index is -0.131. The standard InChI is InChI=1S/C24H18ClN3OS/c25-20-6-2-1-5-19(20)24-28(22(29)13-15-30-24)18-10-7-16(8-11-18)21-12-9-17-4-3-14-26-23(17)27-21/h1-12,14,24H,13,15H2. The molecule has 1 fully saturated rings. The van der Waals surface area contributed by atoms with E-state index in [1.165, 1.54) is 0 Å². The van der Waals surface area contributed by atoms with E-state index >= 15 is 0 Å². The predicted molar refractivity (Wildman–Crippen MR) is 124 cm³/mol. The van der Waals surface area contributed by atoms with Gasteiger partial charge in [0.05, 0.1) is 5.69 Å². The Balaban J connectivity index is 1.49. The Bertz CT molecular complexity index is 1230. The summed E-state index contributed by atoms with van der Waals surface area (Å²) in [6.45, 7) is 0. The number of halogens is 1. The molecule has 0 saturated carbocycles. The number of hydrogen-bond donors (Lipinski definition) is 0. The number of fused-ring (bicyclic) bond motifs is 1. The van der Waals surface area contributed by atoms with E-state index in [-0.39, 0.29) is 11.3 Å². The van der Waals surface area contributed by atoms with Gasteiger partial charge in [0.1, 0.15) is 5.37 Å². The van der Waals surface area contributed by atoms with Crippen LogP contribution in [0.3, 0.4) is 0 Å². The first kappa shape index (κ1) is 19.1. The number of pyridine rings is 2. The fourth-order valence-corrected chi connectivity index (χ4v) is 5.27. The summed E-state index contributed by atoms with van der Waals surface area (Å²) in [5.74, 6) is 0.900. The van der Waals surface area contributed by atoms with Crippen LogP contribution in [0.5, 0.6) is 0 Å². The lowest BCUT2D eigenvalue weighted by Crippen LogP contribution is -2.37. The van der Waals surface area contributed by atoms with Crippen molar-refractivity contribution < 1.29 is 4.79 Å². The van der Waals surface area contributed by atoms with E-state index in [9.17, 15) is 4.79 Å². The number of thioether (sulfide) groups is 1. The van der Waals surface area contributed by atoms with Crippen LogP contribution in [0.25, 0.3) is 22.3 Å². The Morgan fingerprint density at radius 3 is 2.63 bits per heavy atom. The number of nitrogens with zero attached hydrogens (tertiary/aromatic N) is 3. The summed E-state index contributed by atoms with van der Waals surface area (Å²) in [5.41, 5.74) is 4.39. The highest BCUT2D eigenvalue weighted by Gasteiger charge is 2.32. The molecule has 30 heavy (non-hydrogen) atoms. The first-order valence-electron chi connectivity index (χ1n) is 9.71. The summed E-state index contributed by atoms with van der Waals surface area (Å²) in [6, 6.07) is 23.6. The van der Waals surface area contributed by atoms with Gasteiger partial charge in [0.25, 0.3) is 0 Å². The van der Waals surface area contributed by atoms with Crippen molar-refractivity contribution in [2.24, 2.45) is 0 Å². The molecule has 6 heteroatoms. The SMILES string of the molecule is O=C1CCSC(c2ccccc2Cl)N1c1ccc(-c2ccc3cccnc3n2)cc1. The minimum absolute atomic E-state index is 0.111. The number of hydrogen-bond acceptors (Lipinski definition) is 4. The third-order valence-electron chi connectivity index (χ3n) is 5.17. The predicted octanol–water partition coefficient (Wildman–Crippen LogP) is 6.12. The van der Waals surface area contributed by atoms with Gasteiger partial charge in [-0.3, -0.25) is 9.69 Å². The Labute approximate surface area is 183 Å². The highest BCUT2D eigenvalue weighted by Crippen LogP contribution is 2.43. The molecule has 1 atom stereocenters. The molecule has 0 radical (unpaired) electrons. The van der Waals surface area contributed by atoms with Crippen LogP contribution >= 0.6 is 23.4 Å². The van der Waals surface area contributed by atoms with Gasteiger partial charge in [-0.15, -0.1) is 11.8 Å². The van der Waals surface area contributed by atoms with Gasteiger partial charge in [-0.2, -0.15) is 0 Å². The lowest BCUT2D eigenvalue weighted by Gasteiger charge is -2.36. The second-order valence-electron chi connectivity index (χ2n) is 7.05. The lowest BCUT2D eigenvalue weighted by molar-refractivity contribution is -0.118. The number of rotatable bonds is 3. The van der Waals surface area contributed by atoms with Crippen molar-refractivity contribution in [2.45, 2.75) is 11.8 Å². The maximum atomic E-state index is 12.8. The summed E-state index contributed by atoms with van der Waals surface area (Å²) < 4.78 is 0. The molecule has 0 bridgehead atoms. The third kappa shape index (κ3) is 3.55. The maximum absolute atomic E-state index is 12.8. The molecular formula is C24H18ClN3OS. The minimum Gasteiger partial charge on any atom is -0.296 e. The second kappa shape index (κ2) is 8.09. The summed E-state index contributed by atoms with van der Waals surface area (Å²) in [6.07, 6.45) is 2.27. The zero-order valence-electron chi connectivity index (χ0n) is 16.0. The second-order valence-corrected chi connectivity index (χ2v) is 8.65. The van der Waals surface area contributed by atoms with Gasteiger partial charge in [-0.1, -0.05) is 41.9 Å². The molecule has 148 valence electrons. The van der Waals surface area contributed by atoms with Crippen molar-refractivity contribution >= 4 is 46.0 Å².